The summed E-state index contributed by atoms with van der Waals surface area (Å²) in [5.74, 6) is -0.579. The molecule has 5 rings (SSSR count). The van der Waals surface area contributed by atoms with Crippen molar-refractivity contribution in [1.82, 2.24) is 24.4 Å². The van der Waals surface area contributed by atoms with Crippen LogP contribution in [0.3, 0.4) is 0 Å². The number of hydrogen-bond donors (Lipinski definition) is 1. The maximum absolute atomic E-state index is 13.5. The molecule has 13 heteroatoms. The van der Waals surface area contributed by atoms with E-state index in [2.05, 4.69) is 14.8 Å². The van der Waals surface area contributed by atoms with E-state index < -0.39 is 32.8 Å². The molecule has 1 atom stereocenters. The molecular weight excluding hydrogens is 490 g/mol. The fourth-order valence-electron chi connectivity index (χ4n) is 4.04. The number of fused-ring (bicyclic) bond motifs is 1. The van der Waals surface area contributed by atoms with Gasteiger partial charge in [-0.1, -0.05) is 6.08 Å². The molecule has 0 radical (unpaired) electrons. The lowest BCUT2D eigenvalue weighted by Crippen LogP contribution is -2.51. The van der Waals surface area contributed by atoms with Gasteiger partial charge in [0.15, 0.2) is 0 Å². The van der Waals surface area contributed by atoms with E-state index in [1.54, 1.807) is 30.3 Å². The fourth-order valence-corrected chi connectivity index (χ4v) is 6.35. The van der Waals surface area contributed by atoms with Gasteiger partial charge in [0.1, 0.15) is 35.2 Å². The van der Waals surface area contributed by atoms with Crippen molar-refractivity contribution in [3.05, 3.63) is 57.8 Å². The molecule has 35 heavy (non-hydrogen) atoms. The fraction of sp³-hybridized carbons (Fsp3) is 0.364. The molecule has 0 saturated heterocycles. The average molecular weight is 513 g/mol. The van der Waals surface area contributed by atoms with Crippen molar-refractivity contribution < 1.29 is 22.6 Å². The van der Waals surface area contributed by atoms with Crippen LogP contribution in [0.5, 0.6) is 0 Å². The van der Waals surface area contributed by atoms with Gasteiger partial charge in [-0.15, -0.1) is 11.3 Å². The summed E-state index contributed by atoms with van der Waals surface area (Å²) in [5, 5.41) is 13.1. The summed E-state index contributed by atoms with van der Waals surface area (Å²) in [6.07, 6.45) is 10.2. The lowest BCUT2D eigenvalue weighted by Gasteiger charge is -2.26. The Morgan fingerprint density at radius 3 is 2.71 bits per heavy atom. The van der Waals surface area contributed by atoms with Crippen molar-refractivity contribution in [2.75, 3.05) is 0 Å². The first-order valence-electron chi connectivity index (χ1n) is 10.8. The molecular formula is C22H22N7O4S2+. The Kier molecular flexibility index (Phi) is 5.54. The molecule has 2 aromatic rings. The number of rotatable bonds is 7. The van der Waals surface area contributed by atoms with E-state index in [1.807, 2.05) is 13.0 Å². The van der Waals surface area contributed by atoms with Crippen LogP contribution in [0.2, 0.25) is 0 Å². The van der Waals surface area contributed by atoms with Crippen LogP contribution in [-0.2, 0) is 35.0 Å². The topological polar surface area (TPSA) is 141 Å². The number of nitrogens with zero attached hydrogens (tertiary/aromatic N) is 6. The Morgan fingerprint density at radius 1 is 1.34 bits per heavy atom. The number of thiazole rings is 1. The summed E-state index contributed by atoms with van der Waals surface area (Å²) < 4.78 is 31.5. The SMILES string of the molecule is Cc1ncc(CN2C(=O)C3=CC(S(=O)(=O)NC4(C#N)CC4)C=CC3=[N+](Cc3cnn(C)c3)C2=O)s1. The molecule has 0 spiro atoms. The first-order chi connectivity index (χ1) is 16.6. The van der Waals surface area contributed by atoms with Crippen LogP contribution in [0.4, 0.5) is 4.79 Å². The van der Waals surface area contributed by atoms with E-state index in [4.69, 9.17) is 0 Å². The van der Waals surface area contributed by atoms with Crippen LogP contribution in [0.1, 0.15) is 28.3 Å². The summed E-state index contributed by atoms with van der Waals surface area (Å²) in [4.78, 5) is 33.0. The second-order valence-electron chi connectivity index (χ2n) is 8.76. The van der Waals surface area contributed by atoms with Gasteiger partial charge in [0.25, 0.3) is 0 Å². The lowest BCUT2D eigenvalue weighted by molar-refractivity contribution is -0.453. The molecule has 1 N–H and O–H groups in total. The van der Waals surface area contributed by atoms with Crippen LogP contribution in [0, 0.1) is 18.3 Å². The van der Waals surface area contributed by atoms with E-state index in [1.165, 1.54) is 34.1 Å². The molecule has 1 unspecified atom stereocenters. The van der Waals surface area contributed by atoms with Gasteiger partial charge >= 0.3 is 11.9 Å². The molecule has 180 valence electrons. The van der Waals surface area contributed by atoms with Gasteiger partial charge in [-0.3, -0.25) is 4.68 Å². The van der Waals surface area contributed by atoms with Gasteiger partial charge in [-0.2, -0.15) is 29.4 Å². The van der Waals surface area contributed by atoms with Crippen molar-refractivity contribution >= 4 is 39.0 Å². The van der Waals surface area contributed by atoms with E-state index in [0.29, 0.717) is 18.6 Å². The first-order valence-corrected chi connectivity index (χ1v) is 13.2. The van der Waals surface area contributed by atoms with Crippen LogP contribution in [-0.4, -0.2) is 61.1 Å². The highest BCUT2D eigenvalue weighted by Crippen LogP contribution is 2.36. The van der Waals surface area contributed by atoms with Crippen LogP contribution < -0.4 is 4.72 Å². The summed E-state index contributed by atoms with van der Waals surface area (Å²) in [5.41, 5.74) is 0.123. The third-order valence-corrected chi connectivity index (χ3v) is 8.60. The second kappa shape index (κ2) is 8.33. The minimum atomic E-state index is -3.97. The second-order valence-corrected chi connectivity index (χ2v) is 11.9. The molecule has 0 bridgehead atoms. The Balaban J connectivity index is 1.54. The maximum Gasteiger partial charge on any atom is 0.502 e. The van der Waals surface area contributed by atoms with Gasteiger partial charge in [-0.25, -0.2) is 18.2 Å². The number of sulfonamides is 1. The van der Waals surface area contributed by atoms with E-state index in [0.717, 1.165) is 20.3 Å². The smallest absolute Gasteiger partial charge is 0.275 e. The van der Waals surface area contributed by atoms with Crippen molar-refractivity contribution in [3.63, 3.8) is 0 Å². The molecule has 0 aromatic carbocycles. The largest absolute Gasteiger partial charge is 0.502 e. The number of imide groups is 1. The minimum Gasteiger partial charge on any atom is -0.275 e. The molecule has 3 aliphatic rings. The summed E-state index contributed by atoms with van der Waals surface area (Å²) >= 11 is 1.38. The van der Waals surface area contributed by atoms with E-state index >= 15 is 0 Å². The van der Waals surface area contributed by atoms with Gasteiger partial charge in [0, 0.05) is 25.0 Å². The highest BCUT2D eigenvalue weighted by atomic mass is 32.2. The number of nitriles is 1. The van der Waals surface area contributed by atoms with Gasteiger partial charge < -0.3 is 0 Å². The van der Waals surface area contributed by atoms with Crippen molar-refractivity contribution in [1.29, 1.82) is 5.26 Å². The Hall–Kier alpha value is -3.47. The Labute approximate surface area is 205 Å². The molecule has 1 saturated carbocycles. The zero-order chi connectivity index (χ0) is 25.0. The lowest BCUT2D eigenvalue weighted by atomic mass is 9.99. The molecule has 1 fully saturated rings. The van der Waals surface area contributed by atoms with Crippen LogP contribution >= 0.6 is 11.3 Å². The minimum absolute atomic E-state index is 0.0221. The number of amides is 3. The number of hydrogen-bond acceptors (Lipinski definition) is 8. The molecule has 3 amide bonds. The number of aromatic nitrogens is 3. The van der Waals surface area contributed by atoms with Gasteiger partial charge in [0.2, 0.25) is 10.0 Å². The van der Waals surface area contributed by atoms with Crippen LogP contribution in [0.25, 0.3) is 0 Å². The predicted octanol–water partition coefficient (Wildman–Crippen LogP) is 1.14. The van der Waals surface area contributed by atoms with Gasteiger partial charge in [0.05, 0.1) is 22.2 Å². The molecule has 11 nitrogen and oxygen atoms in total. The summed E-state index contributed by atoms with van der Waals surface area (Å²) in [6.45, 7) is 2.01. The first kappa shape index (κ1) is 23.3. The quantitative estimate of drug-likeness (QED) is 0.549. The van der Waals surface area contributed by atoms with Crippen molar-refractivity contribution in [2.45, 2.75) is 43.6 Å². The third-order valence-electron chi connectivity index (χ3n) is 6.02. The number of aryl methyl sites for hydroxylation is 2. The Bertz CT molecular complexity index is 1490. The normalized spacial score (nSPS) is 21.1. The zero-order valence-electron chi connectivity index (χ0n) is 19.0. The molecule has 2 aliphatic carbocycles. The van der Waals surface area contributed by atoms with Crippen molar-refractivity contribution in [3.8, 4) is 6.07 Å². The monoisotopic (exact) mass is 512 g/mol. The standard InChI is InChI=1S/C22H22N7O4S2/c1-14-24-9-16(34-14)12-29-20(30)18-7-17(35(32,33)26-22(13-23)5-6-22)3-4-19(18)28(21(29)31)11-15-8-25-27(2)10-15/h3-4,7-10,17,26H,5-6,11-12H2,1-2H3/q+1. The highest BCUT2D eigenvalue weighted by Gasteiger charge is 2.50. The van der Waals surface area contributed by atoms with Gasteiger partial charge in [-0.05, 0) is 31.9 Å². The summed E-state index contributed by atoms with van der Waals surface area (Å²) in [7, 11) is -2.21. The van der Waals surface area contributed by atoms with E-state index in [9.17, 15) is 23.3 Å². The molecule has 3 heterocycles. The van der Waals surface area contributed by atoms with Crippen LogP contribution in [0.15, 0.2) is 42.4 Å². The number of urea groups is 1. The number of allylic oxidation sites excluding steroid dienone is 1. The predicted molar refractivity (Wildman–Crippen MR) is 126 cm³/mol. The third kappa shape index (κ3) is 4.36. The van der Waals surface area contributed by atoms with E-state index in [-0.39, 0.29) is 18.7 Å². The Morgan fingerprint density at radius 2 is 2.11 bits per heavy atom. The zero-order valence-corrected chi connectivity index (χ0v) is 20.6. The maximum atomic E-state index is 13.5. The molecule has 1 aliphatic heterocycles. The number of carbonyl (C=O) groups is 2. The average Bonchev–Trinajstić information content (AvgIpc) is 3.26. The van der Waals surface area contributed by atoms with Crippen molar-refractivity contribution in [2.24, 2.45) is 7.05 Å². The molecule has 2 aromatic heterocycles. The number of nitrogens with one attached hydrogen (secondary N) is 1. The summed E-state index contributed by atoms with van der Waals surface area (Å²) in [6, 6.07) is 1.50. The highest BCUT2D eigenvalue weighted by molar-refractivity contribution is 7.90. The number of carbonyl (C=O) groups excluding carboxylic acids is 2.